The van der Waals surface area contributed by atoms with Crippen molar-refractivity contribution in [3.63, 3.8) is 0 Å². The van der Waals surface area contributed by atoms with Gasteiger partial charge in [0.05, 0.1) is 12.8 Å². The average Bonchev–Trinajstić information content (AvgIpc) is 3.25. The van der Waals surface area contributed by atoms with Crippen molar-refractivity contribution < 1.29 is 4.42 Å². The monoisotopic (exact) mass is 248 g/mol. The van der Waals surface area contributed by atoms with Crippen LogP contribution in [0.15, 0.2) is 16.7 Å². The van der Waals surface area contributed by atoms with Crippen molar-refractivity contribution in [2.45, 2.75) is 38.8 Å². The molecule has 0 radical (unpaired) electrons. The minimum atomic E-state index is 0.836. The summed E-state index contributed by atoms with van der Waals surface area (Å²) in [4.78, 5) is 2.65. The van der Waals surface area contributed by atoms with Crippen LogP contribution in [0.3, 0.4) is 0 Å². The first-order chi connectivity index (χ1) is 8.85. The molecule has 3 heteroatoms. The summed E-state index contributed by atoms with van der Waals surface area (Å²) in [5, 5.41) is 3.18. The van der Waals surface area contributed by atoms with Crippen molar-refractivity contribution in [1.82, 2.24) is 10.2 Å². The molecule has 1 N–H and O–H groups in total. The van der Waals surface area contributed by atoms with Gasteiger partial charge in [-0.3, -0.25) is 4.90 Å². The summed E-state index contributed by atoms with van der Waals surface area (Å²) in [6.45, 7) is 4.49. The second kappa shape index (κ2) is 5.45. The smallest absolute Gasteiger partial charge is 0.122 e. The molecule has 1 aromatic rings. The normalized spacial score (nSPS) is 19.7. The second-order valence-electron chi connectivity index (χ2n) is 5.98. The van der Waals surface area contributed by atoms with E-state index in [1.54, 1.807) is 0 Å². The van der Waals surface area contributed by atoms with Gasteiger partial charge >= 0.3 is 0 Å². The number of hydrogen-bond donors (Lipinski definition) is 1. The summed E-state index contributed by atoms with van der Waals surface area (Å²) in [7, 11) is 1.97. The van der Waals surface area contributed by atoms with Gasteiger partial charge in [-0.15, -0.1) is 0 Å². The summed E-state index contributed by atoms with van der Waals surface area (Å²) in [6.07, 6.45) is 7.59. The van der Waals surface area contributed by atoms with Crippen molar-refractivity contribution >= 4 is 0 Å². The van der Waals surface area contributed by atoms with Gasteiger partial charge in [0, 0.05) is 25.2 Å². The first-order valence-corrected chi connectivity index (χ1v) is 7.27. The van der Waals surface area contributed by atoms with E-state index < -0.39 is 0 Å². The van der Waals surface area contributed by atoms with Crippen molar-refractivity contribution in [3.05, 3.63) is 23.7 Å². The molecule has 2 saturated carbocycles. The molecule has 3 rings (SSSR count). The Labute approximate surface area is 110 Å². The molecule has 18 heavy (non-hydrogen) atoms. The molecule has 0 aromatic carbocycles. The van der Waals surface area contributed by atoms with Crippen LogP contribution in [-0.4, -0.2) is 25.0 Å². The van der Waals surface area contributed by atoms with Gasteiger partial charge in [-0.1, -0.05) is 0 Å². The second-order valence-corrected chi connectivity index (χ2v) is 5.98. The average molecular weight is 248 g/mol. The molecule has 2 fully saturated rings. The predicted molar refractivity (Wildman–Crippen MR) is 72.2 cm³/mol. The van der Waals surface area contributed by atoms with E-state index in [2.05, 4.69) is 16.3 Å². The molecular weight excluding hydrogens is 224 g/mol. The number of hydrogen-bond acceptors (Lipinski definition) is 3. The molecule has 100 valence electrons. The van der Waals surface area contributed by atoms with Crippen LogP contribution in [0.2, 0.25) is 0 Å². The lowest BCUT2D eigenvalue weighted by Crippen LogP contribution is -2.28. The van der Waals surface area contributed by atoms with Crippen LogP contribution < -0.4 is 5.32 Å². The van der Waals surface area contributed by atoms with Gasteiger partial charge in [0.15, 0.2) is 0 Å². The molecule has 0 bridgehead atoms. The Morgan fingerprint density at radius 3 is 2.44 bits per heavy atom. The lowest BCUT2D eigenvalue weighted by atomic mass is 10.2. The van der Waals surface area contributed by atoms with E-state index in [4.69, 9.17) is 4.42 Å². The third-order valence-electron chi connectivity index (χ3n) is 4.00. The zero-order chi connectivity index (χ0) is 12.4. The molecule has 2 aliphatic carbocycles. The summed E-state index contributed by atoms with van der Waals surface area (Å²) in [5.74, 6) is 3.06. The molecule has 1 heterocycles. The van der Waals surface area contributed by atoms with Crippen LogP contribution in [0.1, 0.15) is 37.0 Å². The maximum atomic E-state index is 5.56. The molecule has 1 aromatic heterocycles. The van der Waals surface area contributed by atoms with Crippen molar-refractivity contribution in [2.75, 3.05) is 20.1 Å². The van der Waals surface area contributed by atoms with Gasteiger partial charge in [-0.05, 0) is 50.6 Å². The highest BCUT2D eigenvalue weighted by Gasteiger charge is 2.29. The van der Waals surface area contributed by atoms with E-state index in [0.29, 0.717) is 0 Å². The molecule has 2 aliphatic rings. The van der Waals surface area contributed by atoms with E-state index in [1.807, 2.05) is 13.3 Å². The van der Waals surface area contributed by atoms with Crippen molar-refractivity contribution in [2.24, 2.45) is 11.8 Å². The van der Waals surface area contributed by atoms with Gasteiger partial charge in [0.25, 0.3) is 0 Å². The Hall–Kier alpha value is -0.800. The highest BCUT2D eigenvalue weighted by atomic mass is 16.3. The molecule has 0 aliphatic heterocycles. The fourth-order valence-electron chi connectivity index (χ4n) is 2.60. The summed E-state index contributed by atoms with van der Waals surface area (Å²) in [6, 6.07) is 2.14. The number of nitrogens with zero attached hydrogens (tertiary/aromatic N) is 1. The van der Waals surface area contributed by atoms with E-state index in [-0.39, 0.29) is 0 Å². The fraction of sp³-hybridized carbons (Fsp3) is 0.733. The van der Waals surface area contributed by atoms with Crippen LogP contribution in [0, 0.1) is 11.8 Å². The maximum absolute atomic E-state index is 5.56. The molecular formula is C15H24N2O. The number of furan rings is 1. The Kier molecular flexibility index (Phi) is 3.71. The van der Waals surface area contributed by atoms with Gasteiger partial charge in [-0.25, -0.2) is 0 Å². The molecule has 0 unspecified atom stereocenters. The van der Waals surface area contributed by atoms with Crippen molar-refractivity contribution in [3.8, 4) is 0 Å². The minimum Gasteiger partial charge on any atom is -0.468 e. The zero-order valence-electron chi connectivity index (χ0n) is 11.3. The Bertz CT molecular complexity index is 366. The highest BCUT2D eigenvalue weighted by molar-refractivity contribution is 5.17. The molecule has 0 saturated heterocycles. The van der Waals surface area contributed by atoms with Crippen LogP contribution in [0.25, 0.3) is 0 Å². The molecule has 0 spiro atoms. The zero-order valence-corrected chi connectivity index (χ0v) is 11.3. The number of rotatable bonds is 8. The van der Waals surface area contributed by atoms with E-state index in [9.17, 15) is 0 Å². The highest BCUT2D eigenvalue weighted by Crippen LogP contribution is 2.34. The topological polar surface area (TPSA) is 28.4 Å². The summed E-state index contributed by atoms with van der Waals surface area (Å²) in [5.41, 5.74) is 1.37. The van der Waals surface area contributed by atoms with E-state index >= 15 is 0 Å². The van der Waals surface area contributed by atoms with E-state index in [1.165, 1.54) is 44.3 Å². The Morgan fingerprint density at radius 1 is 1.22 bits per heavy atom. The first-order valence-electron chi connectivity index (χ1n) is 7.27. The van der Waals surface area contributed by atoms with Crippen molar-refractivity contribution in [1.29, 1.82) is 0 Å². The number of nitrogens with one attached hydrogen (secondary N) is 1. The molecule has 3 nitrogen and oxygen atoms in total. The van der Waals surface area contributed by atoms with Gasteiger partial charge < -0.3 is 9.73 Å². The third-order valence-corrected chi connectivity index (χ3v) is 4.00. The fourth-order valence-corrected chi connectivity index (χ4v) is 2.60. The third kappa shape index (κ3) is 3.36. The standard InChI is InChI=1S/C15H24N2O/c1-16-8-15-14(6-7-18-15)11-17(9-12-2-3-12)10-13-4-5-13/h6-7,12-13,16H,2-5,8-11H2,1H3. The molecule has 0 atom stereocenters. The van der Waals surface area contributed by atoms with Gasteiger partial charge in [-0.2, -0.15) is 0 Å². The Morgan fingerprint density at radius 2 is 1.89 bits per heavy atom. The SMILES string of the molecule is CNCc1occc1CN(CC1CC1)CC1CC1. The van der Waals surface area contributed by atoms with Gasteiger partial charge in [0.2, 0.25) is 0 Å². The van der Waals surface area contributed by atoms with Crippen LogP contribution in [-0.2, 0) is 13.1 Å². The summed E-state index contributed by atoms with van der Waals surface area (Å²) >= 11 is 0. The van der Waals surface area contributed by atoms with Crippen LogP contribution in [0.4, 0.5) is 0 Å². The largest absolute Gasteiger partial charge is 0.468 e. The lowest BCUT2D eigenvalue weighted by molar-refractivity contribution is 0.242. The lowest BCUT2D eigenvalue weighted by Gasteiger charge is -2.22. The van der Waals surface area contributed by atoms with Gasteiger partial charge in [0.1, 0.15) is 5.76 Å². The minimum absolute atomic E-state index is 0.836. The first kappa shape index (κ1) is 12.2. The Balaban J connectivity index is 1.59. The summed E-state index contributed by atoms with van der Waals surface area (Å²) < 4.78 is 5.56. The maximum Gasteiger partial charge on any atom is 0.122 e. The van der Waals surface area contributed by atoms with Crippen LogP contribution >= 0.6 is 0 Å². The molecule has 0 amide bonds. The van der Waals surface area contributed by atoms with Crippen LogP contribution in [0.5, 0.6) is 0 Å². The predicted octanol–water partition coefficient (Wildman–Crippen LogP) is 2.62. The quantitative estimate of drug-likeness (QED) is 0.766. The van der Waals surface area contributed by atoms with E-state index in [0.717, 1.165) is 30.7 Å².